The van der Waals surface area contributed by atoms with Gasteiger partial charge in [0.1, 0.15) is 0 Å². The molecule has 1 N–H and O–H groups in total. The monoisotopic (exact) mass is 255 g/mol. The van der Waals surface area contributed by atoms with Gasteiger partial charge in [0, 0.05) is 24.8 Å². The van der Waals surface area contributed by atoms with Gasteiger partial charge in [0.05, 0.1) is 0 Å². The molecule has 17 heavy (non-hydrogen) atoms. The van der Waals surface area contributed by atoms with E-state index in [9.17, 15) is 0 Å². The van der Waals surface area contributed by atoms with Crippen molar-refractivity contribution in [2.45, 2.75) is 32.2 Å². The zero-order valence-electron chi connectivity index (χ0n) is 10.7. The van der Waals surface area contributed by atoms with Crippen LogP contribution in [0.4, 0.5) is 0 Å². The van der Waals surface area contributed by atoms with Crippen molar-refractivity contribution in [2.24, 2.45) is 0 Å². The normalized spacial score (nSPS) is 12.6. The Hall–Kier alpha value is -0.570. The molecule has 0 aliphatic carbocycles. The predicted octanol–water partition coefficient (Wildman–Crippen LogP) is 3.81. The third-order valence-corrected chi connectivity index (χ3v) is 3.19. The van der Waals surface area contributed by atoms with E-state index in [1.165, 1.54) is 18.4 Å². The fourth-order valence-electron chi connectivity index (χ4n) is 1.80. The standard InChI is InChI=1S/C14H22ClNO/c1-12(13-8-4-5-9-14(13)15)16-10-6-3-7-11-17-2/h4-5,8-9,12,16H,3,6-7,10-11H2,1-2H3. The van der Waals surface area contributed by atoms with Crippen LogP contribution in [0.3, 0.4) is 0 Å². The smallest absolute Gasteiger partial charge is 0.0462 e. The van der Waals surface area contributed by atoms with Gasteiger partial charge in [-0.3, -0.25) is 0 Å². The zero-order chi connectivity index (χ0) is 12.5. The Morgan fingerprint density at radius 2 is 2.00 bits per heavy atom. The second-order valence-electron chi connectivity index (χ2n) is 4.25. The molecule has 0 fully saturated rings. The van der Waals surface area contributed by atoms with Crippen molar-refractivity contribution < 1.29 is 4.74 Å². The van der Waals surface area contributed by atoms with Crippen LogP contribution >= 0.6 is 11.6 Å². The van der Waals surface area contributed by atoms with Gasteiger partial charge in [0.2, 0.25) is 0 Å². The number of hydrogen-bond donors (Lipinski definition) is 1. The summed E-state index contributed by atoms with van der Waals surface area (Å²) in [6.45, 7) is 4.03. The quantitative estimate of drug-likeness (QED) is 0.714. The van der Waals surface area contributed by atoms with E-state index in [4.69, 9.17) is 16.3 Å². The largest absolute Gasteiger partial charge is 0.385 e. The Bertz CT molecular complexity index is 317. The molecule has 0 amide bonds. The van der Waals surface area contributed by atoms with Gasteiger partial charge in [-0.2, -0.15) is 0 Å². The molecule has 0 saturated carbocycles. The van der Waals surface area contributed by atoms with Crippen LogP contribution in [-0.4, -0.2) is 20.3 Å². The van der Waals surface area contributed by atoms with Gasteiger partial charge in [-0.15, -0.1) is 0 Å². The molecule has 96 valence electrons. The molecule has 0 aliphatic heterocycles. The molecule has 1 rings (SSSR count). The van der Waals surface area contributed by atoms with Crippen LogP contribution in [-0.2, 0) is 4.74 Å². The summed E-state index contributed by atoms with van der Waals surface area (Å²) < 4.78 is 5.02. The molecule has 1 unspecified atom stereocenters. The first-order chi connectivity index (χ1) is 8.25. The van der Waals surface area contributed by atoms with Gasteiger partial charge in [-0.25, -0.2) is 0 Å². The number of rotatable bonds is 8. The number of nitrogens with one attached hydrogen (secondary N) is 1. The van der Waals surface area contributed by atoms with Crippen LogP contribution < -0.4 is 5.32 Å². The van der Waals surface area contributed by atoms with Crippen molar-refractivity contribution in [1.82, 2.24) is 5.32 Å². The minimum atomic E-state index is 0.311. The maximum Gasteiger partial charge on any atom is 0.0462 e. The second-order valence-corrected chi connectivity index (χ2v) is 4.66. The molecule has 3 heteroatoms. The highest BCUT2D eigenvalue weighted by Crippen LogP contribution is 2.21. The van der Waals surface area contributed by atoms with Gasteiger partial charge < -0.3 is 10.1 Å². The summed E-state index contributed by atoms with van der Waals surface area (Å²) in [4.78, 5) is 0. The van der Waals surface area contributed by atoms with Crippen LogP contribution in [0.15, 0.2) is 24.3 Å². The van der Waals surface area contributed by atoms with Gasteiger partial charge in [0.25, 0.3) is 0 Å². The summed E-state index contributed by atoms with van der Waals surface area (Å²) in [6.07, 6.45) is 3.52. The Morgan fingerprint density at radius 1 is 1.24 bits per heavy atom. The van der Waals surface area contributed by atoms with Crippen molar-refractivity contribution in [1.29, 1.82) is 0 Å². The van der Waals surface area contributed by atoms with Gasteiger partial charge in [-0.05, 0) is 44.4 Å². The first kappa shape index (κ1) is 14.5. The predicted molar refractivity (Wildman–Crippen MR) is 73.6 cm³/mol. The molecule has 1 atom stereocenters. The van der Waals surface area contributed by atoms with Crippen LogP contribution in [0.5, 0.6) is 0 Å². The number of hydrogen-bond acceptors (Lipinski definition) is 2. The number of methoxy groups -OCH3 is 1. The number of unbranched alkanes of at least 4 members (excludes halogenated alkanes) is 2. The van der Waals surface area contributed by atoms with E-state index < -0.39 is 0 Å². The molecule has 1 aromatic carbocycles. The highest BCUT2D eigenvalue weighted by molar-refractivity contribution is 6.31. The number of benzene rings is 1. The fourth-order valence-corrected chi connectivity index (χ4v) is 2.10. The van der Waals surface area contributed by atoms with E-state index in [0.29, 0.717) is 6.04 Å². The molecule has 1 aromatic rings. The highest BCUT2D eigenvalue weighted by atomic mass is 35.5. The van der Waals surface area contributed by atoms with E-state index in [0.717, 1.165) is 24.6 Å². The topological polar surface area (TPSA) is 21.3 Å². The SMILES string of the molecule is COCCCCCNC(C)c1ccccc1Cl. The third kappa shape index (κ3) is 5.53. The average Bonchev–Trinajstić information content (AvgIpc) is 2.34. The summed E-state index contributed by atoms with van der Waals surface area (Å²) in [5.41, 5.74) is 1.17. The van der Waals surface area contributed by atoms with E-state index >= 15 is 0 Å². The fraction of sp³-hybridized carbons (Fsp3) is 0.571. The molecule has 0 saturated heterocycles. The highest BCUT2D eigenvalue weighted by Gasteiger charge is 2.07. The summed E-state index contributed by atoms with van der Waals surface area (Å²) in [6, 6.07) is 8.31. The molecule has 0 aromatic heterocycles. The van der Waals surface area contributed by atoms with Crippen LogP contribution in [0.2, 0.25) is 5.02 Å². The van der Waals surface area contributed by atoms with Gasteiger partial charge in [-0.1, -0.05) is 29.8 Å². The summed E-state index contributed by atoms with van der Waals surface area (Å²) in [5.74, 6) is 0. The molecular formula is C14H22ClNO. The van der Waals surface area contributed by atoms with Crippen molar-refractivity contribution in [3.8, 4) is 0 Å². The van der Waals surface area contributed by atoms with Crippen molar-refractivity contribution >= 4 is 11.6 Å². The Kier molecular flexibility index (Phi) is 7.25. The van der Waals surface area contributed by atoms with Crippen LogP contribution in [0.1, 0.15) is 37.8 Å². The molecule has 0 radical (unpaired) electrons. The lowest BCUT2D eigenvalue weighted by Crippen LogP contribution is -2.20. The molecule has 0 aliphatic rings. The van der Waals surface area contributed by atoms with Crippen LogP contribution in [0.25, 0.3) is 0 Å². The Labute approximate surface area is 109 Å². The van der Waals surface area contributed by atoms with E-state index in [1.807, 2.05) is 18.2 Å². The van der Waals surface area contributed by atoms with E-state index in [1.54, 1.807) is 7.11 Å². The van der Waals surface area contributed by atoms with Crippen LogP contribution in [0, 0.1) is 0 Å². The second kappa shape index (κ2) is 8.51. The van der Waals surface area contributed by atoms with E-state index in [2.05, 4.69) is 18.3 Å². The maximum absolute atomic E-state index is 6.14. The lowest BCUT2D eigenvalue weighted by molar-refractivity contribution is 0.192. The first-order valence-electron chi connectivity index (χ1n) is 6.22. The van der Waals surface area contributed by atoms with Crippen molar-refractivity contribution in [2.75, 3.05) is 20.3 Å². The summed E-state index contributed by atoms with van der Waals surface area (Å²) in [5, 5.41) is 4.33. The summed E-state index contributed by atoms with van der Waals surface area (Å²) >= 11 is 6.14. The lowest BCUT2D eigenvalue weighted by atomic mass is 10.1. The molecule has 2 nitrogen and oxygen atoms in total. The van der Waals surface area contributed by atoms with Crippen molar-refractivity contribution in [3.63, 3.8) is 0 Å². The van der Waals surface area contributed by atoms with Gasteiger partial charge in [0.15, 0.2) is 0 Å². The third-order valence-electron chi connectivity index (χ3n) is 2.85. The Morgan fingerprint density at radius 3 is 2.71 bits per heavy atom. The molecule has 0 heterocycles. The lowest BCUT2D eigenvalue weighted by Gasteiger charge is -2.15. The Balaban J connectivity index is 2.21. The average molecular weight is 256 g/mol. The minimum absolute atomic E-state index is 0.311. The minimum Gasteiger partial charge on any atom is -0.385 e. The zero-order valence-corrected chi connectivity index (χ0v) is 11.5. The number of ether oxygens (including phenoxy) is 1. The maximum atomic E-state index is 6.14. The first-order valence-corrected chi connectivity index (χ1v) is 6.60. The molecule has 0 spiro atoms. The summed E-state index contributed by atoms with van der Waals surface area (Å²) in [7, 11) is 1.75. The van der Waals surface area contributed by atoms with E-state index in [-0.39, 0.29) is 0 Å². The number of halogens is 1. The molecule has 0 bridgehead atoms. The molecular weight excluding hydrogens is 234 g/mol. The van der Waals surface area contributed by atoms with Crippen molar-refractivity contribution in [3.05, 3.63) is 34.9 Å². The van der Waals surface area contributed by atoms with Gasteiger partial charge >= 0.3 is 0 Å².